The number of nitrogens with two attached hydrogens (primary N) is 1. The second-order valence-electron chi connectivity index (χ2n) is 4.10. The smallest absolute Gasteiger partial charge is 0.263 e. The fourth-order valence-electron chi connectivity index (χ4n) is 1.76. The Morgan fingerprint density at radius 3 is 2.75 bits per heavy atom. The molecule has 0 radical (unpaired) electrons. The SMILES string of the molecule is Cc1csc(CN)c1S(=O)(=O)Nc1ccc(F)cc1Br. The number of thiophene rings is 1. The van der Waals surface area contributed by atoms with Crippen LogP contribution < -0.4 is 10.5 Å². The summed E-state index contributed by atoms with van der Waals surface area (Å²) < 4.78 is 40.6. The second kappa shape index (κ2) is 5.80. The zero-order valence-corrected chi connectivity index (χ0v) is 13.7. The molecule has 8 heteroatoms. The first-order valence-corrected chi connectivity index (χ1v) is 8.75. The van der Waals surface area contributed by atoms with E-state index in [0.717, 1.165) is 0 Å². The quantitative estimate of drug-likeness (QED) is 0.857. The van der Waals surface area contributed by atoms with Crippen LogP contribution in [0.1, 0.15) is 10.4 Å². The topological polar surface area (TPSA) is 72.2 Å². The lowest BCUT2D eigenvalue weighted by Gasteiger charge is -2.11. The van der Waals surface area contributed by atoms with Crippen molar-refractivity contribution in [3.05, 3.63) is 44.3 Å². The molecule has 20 heavy (non-hydrogen) atoms. The molecule has 0 amide bonds. The van der Waals surface area contributed by atoms with Gasteiger partial charge in [0, 0.05) is 15.9 Å². The molecule has 0 bridgehead atoms. The molecule has 0 fully saturated rings. The Labute approximate surface area is 129 Å². The minimum atomic E-state index is -3.75. The maximum atomic E-state index is 13.0. The van der Waals surface area contributed by atoms with Crippen LogP contribution in [0.4, 0.5) is 10.1 Å². The number of benzene rings is 1. The fraction of sp³-hybridized carbons (Fsp3) is 0.167. The summed E-state index contributed by atoms with van der Waals surface area (Å²) in [5, 5.41) is 1.75. The van der Waals surface area contributed by atoms with Crippen molar-refractivity contribution in [2.75, 3.05) is 4.72 Å². The molecule has 0 spiro atoms. The summed E-state index contributed by atoms with van der Waals surface area (Å²) in [6, 6.07) is 3.75. The summed E-state index contributed by atoms with van der Waals surface area (Å²) in [4.78, 5) is 0.787. The van der Waals surface area contributed by atoms with E-state index in [1.165, 1.54) is 29.5 Å². The van der Waals surface area contributed by atoms with Gasteiger partial charge >= 0.3 is 0 Å². The molecule has 0 saturated carbocycles. The highest BCUT2D eigenvalue weighted by molar-refractivity contribution is 9.10. The zero-order valence-electron chi connectivity index (χ0n) is 10.5. The molecule has 2 aromatic rings. The summed E-state index contributed by atoms with van der Waals surface area (Å²) in [5.74, 6) is -0.450. The van der Waals surface area contributed by atoms with Crippen molar-refractivity contribution in [1.29, 1.82) is 0 Å². The summed E-state index contributed by atoms with van der Waals surface area (Å²) in [7, 11) is -3.75. The number of nitrogens with one attached hydrogen (secondary N) is 1. The number of hydrogen-bond donors (Lipinski definition) is 2. The van der Waals surface area contributed by atoms with Crippen molar-refractivity contribution in [3.8, 4) is 0 Å². The molecule has 3 N–H and O–H groups in total. The predicted molar refractivity (Wildman–Crippen MR) is 81.9 cm³/mol. The van der Waals surface area contributed by atoms with Gasteiger partial charge in [-0.2, -0.15) is 0 Å². The van der Waals surface area contributed by atoms with Gasteiger partial charge in [0.2, 0.25) is 0 Å². The minimum absolute atomic E-state index is 0.152. The fourth-order valence-corrected chi connectivity index (χ4v) is 5.12. The molecule has 2 rings (SSSR count). The normalized spacial score (nSPS) is 11.6. The van der Waals surface area contributed by atoms with Gasteiger partial charge in [-0.1, -0.05) is 0 Å². The Bertz CT molecular complexity index is 744. The first kappa shape index (κ1) is 15.4. The second-order valence-corrected chi connectivity index (χ2v) is 7.54. The lowest BCUT2D eigenvalue weighted by atomic mass is 10.3. The number of halogens is 2. The highest BCUT2D eigenvalue weighted by Gasteiger charge is 2.23. The average molecular weight is 379 g/mol. The lowest BCUT2D eigenvalue weighted by Crippen LogP contribution is -2.16. The lowest BCUT2D eigenvalue weighted by molar-refractivity contribution is 0.599. The molecule has 0 atom stereocenters. The molecule has 0 unspecified atom stereocenters. The van der Waals surface area contributed by atoms with E-state index >= 15 is 0 Å². The third-order valence-corrected chi connectivity index (χ3v) is 6.13. The molecule has 108 valence electrons. The van der Waals surface area contributed by atoms with Crippen molar-refractivity contribution < 1.29 is 12.8 Å². The van der Waals surface area contributed by atoms with Gasteiger partial charge in [-0.05, 0) is 52.0 Å². The summed E-state index contributed by atoms with van der Waals surface area (Å²) in [5.41, 5.74) is 6.48. The van der Waals surface area contributed by atoms with Gasteiger partial charge in [-0.3, -0.25) is 4.72 Å². The van der Waals surface area contributed by atoms with E-state index in [0.29, 0.717) is 14.9 Å². The highest BCUT2D eigenvalue weighted by Crippen LogP contribution is 2.30. The van der Waals surface area contributed by atoms with E-state index < -0.39 is 15.8 Å². The molecule has 0 aliphatic heterocycles. The molecule has 1 heterocycles. The largest absolute Gasteiger partial charge is 0.326 e. The molecule has 1 aromatic heterocycles. The number of aryl methyl sites for hydroxylation is 1. The molecular formula is C12H12BrFN2O2S2. The van der Waals surface area contributed by atoms with E-state index in [4.69, 9.17) is 5.73 Å². The Hall–Kier alpha value is -0.960. The maximum absolute atomic E-state index is 13.0. The summed E-state index contributed by atoms with van der Waals surface area (Å²) in [6.45, 7) is 1.86. The Kier molecular flexibility index (Phi) is 4.48. The molecule has 0 aliphatic rings. The average Bonchev–Trinajstić information content (AvgIpc) is 2.75. The van der Waals surface area contributed by atoms with Gasteiger partial charge in [0.05, 0.1) is 5.69 Å². The van der Waals surface area contributed by atoms with Crippen molar-refractivity contribution in [2.45, 2.75) is 18.4 Å². The number of rotatable bonds is 4. The van der Waals surface area contributed by atoms with Crippen LogP contribution in [0.5, 0.6) is 0 Å². The number of anilines is 1. The van der Waals surface area contributed by atoms with Gasteiger partial charge in [-0.15, -0.1) is 11.3 Å². The van der Waals surface area contributed by atoms with Crippen LogP contribution in [0.3, 0.4) is 0 Å². The first-order chi connectivity index (χ1) is 9.35. The van der Waals surface area contributed by atoms with E-state index in [-0.39, 0.29) is 17.1 Å². The van der Waals surface area contributed by atoms with Crippen LogP contribution in [0, 0.1) is 12.7 Å². The van der Waals surface area contributed by atoms with Crippen LogP contribution in [-0.4, -0.2) is 8.42 Å². The minimum Gasteiger partial charge on any atom is -0.326 e. The third kappa shape index (κ3) is 3.03. The summed E-state index contributed by atoms with van der Waals surface area (Å²) >= 11 is 4.43. The highest BCUT2D eigenvalue weighted by atomic mass is 79.9. The van der Waals surface area contributed by atoms with Crippen molar-refractivity contribution in [2.24, 2.45) is 5.73 Å². The molecule has 4 nitrogen and oxygen atoms in total. The van der Waals surface area contributed by atoms with Crippen molar-refractivity contribution in [1.82, 2.24) is 0 Å². The van der Waals surface area contributed by atoms with Crippen LogP contribution in [0.2, 0.25) is 0 Å². The molecule has 1 aromatic carbocycles. The van der Waals surface area contributed by atoms with Gasteiger partial charge in [0.1, 0.15) is 10.7 Å². The third-order valence-electron chi connectivity index (χ3n) is 2.62. The predicted octanol–water partition coefficient (Wildman–Crippen LogP) is 3.22. The van der Waals surface area contributed by atoms with Gasteiger partial charge in [-0.25, -0.2) is 12.8 Å². The maximum Gasteiger partial charge on any atom is 0.263 e. The van der Waals surface area contributed by atoms with E-state index in [1.54, 1.807) is 12.3 Å². The van der Waals surface area contributed by atoms with Crippen LogP contribution >= 0.6 is 27.3 Å². The van der Waals surface area contributed by atoms with Gasteiger partial charge in [0.15, 0.2) is 0 Å². The van der Waals surface area contributed by atoms with E-state index in [9.17, 15) is 12.8 Å². The Morgan fingerprint density at radius 1 is 1.45 bits per heavy atom. The first-order valence-electron chi connectivity index (χ1n) is 5.60. The van der Waals surface area contributed by atoms with Crippen LogP contribution in [0.25, 0.3) is 0 Å². The summed E-state index contributed by atoms with van der Waals surface area (Å²) in [6.07, 6.45) is 0. The zero-order chi connectivity index (χ0) is 14.9. The molecule has 0 saturated heterocycles. The number of sulfonamides is 1. The van der Waals surface area contributed by atoms with Crippen LogP contribution in [-0.2, 0) is 16.6 Å². The molecular weight excluding hydrogens is 367 g/mol. The van der Waals surface area contributed by atoms with E-state index in [1.807, 2.05) is 0 Å². The Morgan fingerprint density at radius 2 is 2.15 bits per heavy atom. The number of hydrogen-bond acceptors (Lipinski definition) is 4. The monoisotopic (exact) mass is 378 g/mol. The standard InChI is InChI=1S/C12H12BrFN2O2S2/c1-7-6-19-11(5-15)12(7)20(17,18)16-10-3-2-8(14)4-9(10)13/h2-4,6,16H,5,15H2,1H3. The van der Waals surface area contributed by atoms with Crippen molar-refractivity contribution in [3.63, 3.8) is 0 Å². The van der Waals surface area contributed by atoms with E-state index in [2.05, 4.69) is 20.7 Å². The van der Waals surface area contributed by atoms with Gasteiger partial charge < -0.3 is 5.73 Å². The van der Waals surface area contributed by atoms with Crippen LogP contribution in [0.15, 0.2) is 32.9 Å². The van der Waals surface area contributed by atoms with Gasteiger partial charge in [0.25, 0.3) is 10.0 Å². The molecule has 0 aliphatic carbocycles. The van der Waals surface area contributed by atoms with Crippen molar-refractivity contribution >= 4 is 43.0 Å². The Balaban J connectivity index is 2.43.